The Morgan fingerprint density at radius 3 is 2.32 bits per heavy atom. The number of halogens is 3. The van der Waals surface area contributed by atoms with Gasteiger partial charge in [-0.2, -0.15) is 0 Å². The maximum Gasteiger partial charge on any atom is 0.257 e. The molecule has 104 valence electrons. The summed E-state index contributed by atoms with van der Waals surface area (Å²) < 4.78 is 27.1. The maximum atomic E-state index is 13.5. The number of nitrogens with one attached hydrogen (secondary N) is 1. The van der Waals surface area contributed by atoms with Gasteiger partial charge >= 0.3 is 0 Å². The molecule has 2 rings (SSSR count). The van der Waals surface area contributed by atoms with Crippen LogP contribution in [-0.4, -0.2) is 17.3 Å². The number of rotatable bonds is 3. The Bertz CT molecular complexity index is 452. The number of carbonyl (C=O) groups excluding carboxylic acids is 1. The number of carbonyl (C=O) groups is 1. The molecule has 1 N–H and O–H groups in total. The molecule has 0 atom stereocenters. The van der Waals surface area contributed by atoms with E-state index in [4.69, 9.17) is 11.6 Å². The molecule has 1 saturated carbocycles. The van der Waals surface area contributed by atoms with Crippen molar-refractivity contribution in [1.82, 2.24) is 5.32 Å². The van der Waals surface area contributed by atoms with Gasteiger partial charge in [0.1, 0.15) is 17.2 Å². The molecule has 0 aliphatic heterocycles. The monoisotopic (exact) mass is 287 g/mol. The van der Waals surface area contributed by atoms with E-state index < -0.39 is 28.6 Å². The average Bonchev–Trinajstić information content (AvgIpc) is 2.39. The number of amides is 1. The van der Waals surface area contributed by atoms with Crippen LogP contribution < -0.4 is 5.32 Å². The summed E-state index contributed by atoms with van der Waals surface area (Å²) >= 11 is 5.95. The van der Waals surface area contributed by atoms with Crippen LogP contribution in [0.3, 0.4) is 0 Å². The molecule has 1 aliphatic rings. The lowest BCUT2D eigenvalue weighted by atomic mass is 9.83. The summed E-state index contributed by atoms with van der Waals surface area (Å²) in [6.07, 6.45) is 4.53. The third kappa shape index (κ3) is 3.06. The van der Waals surface area contributed by atoms with E-state index in [1.165, 1.54) is 6.07 Å². The first-order valence-corrected chi connectivity index (χ1v) is 6.94. The van der Waals surface area contributed by atoms with Crippen molar-refractivity contribution < 1.29 is 13.6 Å². The summed E-state index contributed by atoms with van der Waals surface area (Å²) in [4.78, 5) is 12.1. The van der Waals surface area contributed by atoms with Gasteiger partial charge in [0.2, 0.25) is 0 Å². The number of hydrogen-bond acceptors (Lipinski definition) is 1. The molecule has 0 heterocycles. The van der Waals surface area contributed by atoms with E-state index in [-0.39, 0.29) is 5.88 Å². The molecule has 1 aliphatic carbocycles. The highest BCUT2D eigenvalue weighted by molar-refractivity contribution is 6.19. The fourth-order valence-corrected chi connectivity index (χ4v) is 2.87. The SMILES string of the molecule is O=C(NC1(CCl)CCCCC1)c1c(F)cccc1F. The lowest BCUT2D eigenvalue weighted by molar-refractivity contribution is 0.0876. The zero-order valence-electron chi connectivity index (χ0n) is 10.5. The first-order chi connectivity index (χ1) is 9.08. The highest BCUT2D eigenvalue weighted by atomic mass is 35.5. The topological polar surface area (TPSA) is 29.1 Å². The Balaban J connectivity index is 2.20. The van der Waals surface area contributed by atoms with Crippen LogP contribution in [0.5, 0.6) is 0 Å². The summed E-state index contributed by atoms with van der Waals surface area (Å²) in [5, 5.41) is 2.73. The van der Waals surface area contributed by atoms with Crippen LogP contribution in [0.25, 0.3) is 0 Å². The first kappa shape index (κ1) is 14.3. The zero-order valence-corrected chi connectivity index (χ0v) is 11.3. The standard InChI is InChI=1S/C14H16ClF2NO/c15-9-14(7-2-1-3-8-14)18-13(19)12-10(16)5-4-6-11(12)17/h4-6H,1-3,7-9H2,(H,18,19). The van der Waals surface area contributed by atoms with Crippen LogP contribution in [0.2, 0.25) is 0 Å². The molecule has 0 saturated heterocycles. The van der Waals surface area contributed by atoms with Gasteiger partial charge in [-0.1, -0.05) is 25.3 Å². The Labute approximate surface area is 116 Å². The molecule has 2 nitrogen and oxygen atoms in total. The molecular weight excluding hydrogens is 272 g/mol. The smallest absolute Gasteiger partial charge is 0.257 e. The molecule has 0 spiro atoms. The fourth-order valence-electron chi connectivity index (χ4n) is 2.54. The van der Waals surface area contributed by atoms with Crippen LogP contribution >= 0.6 is 11.6 Å². The van der Waals surface area contributed by atoms with E-state index >= 15 is 0 Å². The van der Waals surface area contributed by atoms with Crippen molar-refractivity contribution in [3.05, 3.63) is 35.4 Å². The molecular formula is C14H16ClF2NO. The van der Waals surface area contributed by atoms with Crippen molar-refractivity contribution in [3.8, 4) is 0 Å². The van der Waals surface area contributed by atoms with E-state index in [1.54, 1.807) is 0 Å². The summed E-state index contributed by atoms with van der Waals surface area (Å²) in [5.41, 5.74) is -1.07. The second-order valence-corrected chi connectivity index (χ2v) is 5.29. The Morgan fingerprint density at radius 1 is 1.21 bits per heavy atom. The van der Waals surface area contributed by atoms with E-state index in [2.05, 4.69) is 5.32 Å². The molecule has 1 fully saturated rings. The predicted molar refractivity (Wildman–Crippen MR) is 70.4 cm³/mol. The van der Waals surface area contributed by atoms with E-state index in [0.29, 0.717) is 0 Å². The molecule has 0 radical (unpaired) electrons. The first-order valence-electron chi connectivity index (χ1n) is 6.40. The average molecular weight is 288 g/mol. The van der Waals surface area contributed by atoms with E-state index in [9.17, 15) is 13.6 Å². The van der Waals surface area contributed by atoms with Crippen LogP contribution in [-0.2, 0) is 0 Å². The summed E-state index contributed by atoms with van der Waals surface area (Å²) in [7, 11) is 0. The van der Waals surface area contributed by atoms with Gasteiger partial charge in [-0.15, -0.1) is 11.6 Å². The van der Waals surface area contributed by atoms with Crippen LogP contribution in [0.15, 0.2) is 18.2 Å². The Kier molecular flexibility index (Phi) is 4.40. The van der Waals surface area contributed by atoms with Crippen molar-refractivity contribution >= 4 is 17.5 Å². The van der Waals surface area contributed by atoms with Crippen LogP contribution in [0, 0.1) is 11.6 Å². The van der Waals surface area contributed by atoms with Crippen LogP contribution in [0.1, 0.15) is 42.5 Å². The van der Waals surface area contributed by atoms with Crippen molar-refractivity contribution in [1.29, 1.82) is 0 Å². The van der Waals surface area contributed by atoms with Crippen molar-refractivity contribution in [3.63, 3.8) is 0 Å². The molecule has 0 bridgehead atoms. The highest BCUT2D eigenvalue weighted by Crippen LogP contribution is 2.30. The number of alkyl halides is 1. The van der Waals surface area contributed by atoms with Crippen molar-refractivity contribution in [2.75, 3.05) is 5.88 Å². The molecule has 0 unspecified atom stereocenters. The lowest BCUT2D eigenvalue weighted by Gasteiger charge is -2.36. The quantitative estimate of drug-likeness (QED) is 0.845. The second-order valence-electron chi connectivity index (χ2n) is 5.03. The van der Waals surface area contributed by atoms with Crippen LogP contribution in [0.4, 0.5) is 8.78 Å². The zero-order chi connectivity index (χ0) is 13.9. The second kappa shape index (κ2) is 5.87. The van der Waals surface area contributed by atoms with Gasteiger partial charge in [-0.25, -0.2) is 8.78 Å². The summed E-state index contributed by atoms with van der Waals surface area (Å²) in [6, 6.07) is 3.39. The Hall–Kier alpha value is -1.16. The van der Waals surface area contributed by atoms with Crippen molar-refractivity contribution in [2.24, 2.45) is 0 Å². The summed E-state index contributed by atoms with van der Waals surface area (Å²) in [5.74, 6) is -2.16. The van der Waals surface area contributed by atoms with Gasteiger partial charge in [-0.05, 0) is 25.0 Å². The third-order valence-corrected chi connectivity index (χ3v) is 4.15. The normalized spacial score (nSPS) is 18.1. The van der Waals surface area contributed by atoms with Gasteiger partial charge in [-0.3, -0.25) is 4.79 Å². The van der Waals surface area contributed by atoms with Gasteiger partial charge in [0.15, 0.2) is 0 Å². The number of hydrogen-bond donors (Lipinski definition) is 1. The minimum atomic E-state index is -0.849. The lowest BCUT2D eigenvalue weighted by Crippen LogP contribution is -2.51. The minimum absolute atomic E-state index is 0.259. The molecule has 0 aromatic heterocycles. The molecule has 5 heteroatoms. The molecule has 19 heavy (non-hydrogen) atoms. The highest BCUT2D eigenvalue weighted by Gasteiger charge is 2.34. The molecule has 1 amide bonds. The molecule has 1 aromatic carbocycles. The molecule has 1 aromatic rings. The summed E-state index contributed by atoms with van der Waals surface area (Å²) in [6.45, 7) is 0. The maximum absolute atomic E-state index is 13.5. The minimum Gasteiger partial charge on any atom is -0.345 e. The van der Waals surface area contributed by atoms with Gasteiger partial charge in [0.25, 0.3) is 5.91 Å². The Morgan fingerprint density at radius 2 is 1.79 bits per heavy atom. The van der Waals surface area contributed by atoms with Gasteiger partial charge in [0.05, 0.1) is 5.54 Å². The van der Waals surface area contributed by atoms with E-state index in [1.807, 2.05) is 0 Å². The predicted octanol–water partition coefficient (Wildman–Crippen LogP) is 3.64. The fraction of sp³-hybridized carbons (Fsp3) is 0.500. The van der Waals surface area contributed by atoms with Crippen molar-refractivity contribution in [2.45, 2.75) is 37.6 Å². The van der Waals surface area contributed by atoms with Gasteiger partial charge < -0.3 is 5.32 Å². The largest absolute Gasteiger partial charge is 0.345 e. The number of benzene rings is 1. The third-order valence-electron chi connectivity index (χ3n) is 3.63. The van der Waals surface area contributed by atoms with E-state index in [0.717, 1.165) is 44.2 Å². The van der Waals surface area contributed by atoms with Gasteiger partial charge in [0, 0.05) is 5.88 Å².